The van der Waals surface area contributed by atoms with Crippen LogP contribution in [0.2, 0.25) is 0 Å². The van der Waals surface area contributed by atoms with Gasteiger partial charge in [0.15, 0.2) is 17.5 Å². The van der Waals surface area contributed by atoms with Crippen molar-refractivity contribution in [2.45, 2.75) is 0 Å². The van der Waals surface area contributed by atoms with E-state index < -0.39 is 0 Å². The Balaban J connectivity index is 1.15. The van der Waals surface area contributed by atoms with E-state index >= 15 is 0 Å². The van der Waals surface area contributed by atoms with Gasteiger partial charge in [-0.1, -0.05) is 176 Å². The van der Waals surface area contributed by atoms with Crippen molar-refractivity contribution in [1.82, 2.24) is 24.1 Å². The van der Waals surface area contributed by atoms with Crippen molar-refractivity contribution in [3.8, 4) is 67.8 Å². The summed E-state index contributed by atoms with van der Waals surface area (Å²) in [7, 11) is 0. The molecule has 0 aliphatic heterocycles. The van der Waals surface area contributed by atoms with Gasteiger partial charge in [0.2, 0.25) is 0 Å². The van der Waals surface area contributed by atoms with Crippen molar-refractivity contribution >= 4 is 43.6 Å². The first kappa shape index (κ1) is 35.5. The molecule has 9 aromatic carbocycles. The smallest absolute Gasteiger partial charge is 0.166 e. The maximum atomic E-state index is 5.28. The number of fused-ring (bicyclic) bond motifs is 6. The maximum absolute atomic E-state index is 5.28. The summed E-state index contributed by atoms with van der Waals surface area (Å²) in [6.45, 7) is 0. The van der Waals surface area contributed by atoms with Gasteiger partial charge in [0.05, 0.1) is 27.8 Å². The third kappa shape index (κ3) is 5.82. The van der Waals surface area contributed by atoms with Gasteiger partial charge in [0.1, 0.15) is 0 Å². The standard InChI is InChI=1S/C57H37N5/c1-5-19-38(20-6-1)41-35-36-50(47(37-41)57-59-55(39-21-7-2-8-22-39)58-56(60-57)40-23-9-3-10-24-40)62-49-32-16-14-28-46(49)54-44(30-18-34-52(54)62)43-29-17-33-51-53(43)45-27-13-15-31-48(45)61(51)42-25-11-4-12-26-42/h1-37H. The Morgan fingerprint density at radius 1 is 0.274 bits per heavy atom. The average Bonchev–Trinajstić information content (AvgIpc) is 3.88. The number of aromatic nitrogens is 5. The Labute approximate surface area is 358 Å². The van der Waals surface area contributed by atoms with Crippen LogP contribution in [-0.4, -0.2) is 24.1 Å². The van der Waals surface area contributed by atoms with Crippen molar-refractivity contribution < 1.29 is 0 Å². The topological polar surface area (TPSA) is 48.5 Å². The summed E-state index contributed by atoms with van der Waals surface area (Å²) < 4.78 is 4.79. The lowest BCUT2D eigenvalue weighted by atomic mass is 9.95. The third-order valence-corrected chi connectivity index (χ3v) is 12.0. The molecular weight excluding hydrogens is 755 g/mol. The monoisotopic (exact) mass is 791 g/mol. The fourth-order valence-corrected chi connectivity index (χ4v) is 9.25. The van der Waals surface area contributed by atoms with Gasteiger partial charge >= 0.3 is 0 Å². The zero-order valence-corrected chi connectivity index (χ0v) is 33.6. The molecule has 0 amide bonds. The van der Waals surface area contributed by atoms with Crippen LogP contribution in [0.15, 0.2) is 224 Å². The molecular formula is C57H37N5. The first-order valence-corrected chi connectivity index (χ1v) is 21.0. The second kappa shape index (κ2) is 14.7. The van der Waals surface area contributed by atoms with Crippen molar-refractivity contribution in [2.75, 3.05) is 0 Å². The molecule has 0 radical (unpaired) electrons. The van der Waals surface area contributed by atoms with Gasteiger partial charge in [-0.3, -0.25) is 0 Å². The Morgan fingerprint density at radius 3 is 1.27 bits per heavy atom. The van der Waals surface area contributed by atoms with Crippen LogP contribution in [0.1, 0.15) is 0 Å². The van der Waals surface area contributed by atoms with E-state index in [9.17, 15) is 0 Å². The highest BCUT2D eigenvalue weighted by Crippen LogP contribution is 2.45. The zero-order chi connectivity index (χ0) is 41.0. The fourth-order valence-electron chi connectivity index (χ4n) is 9.25. The normalized spacial score (nSPS) is 11.5. The van der Waals surface area contributed by atoms with Crippen LogP contribution < -0.4 is 0 Å². The summed E-state index contributed by atoms with van der Waals surface area (Å²) in [5.41, 5.74) is 14.0. The van der Waals surface area contributed by atoms with Gasteiger partial charge in [0, 0.05) is 43.9 Å². The fraction of sp³-hybridized carbons (Fsp3) is 0. The number of nitrogens with zero attached hydrogens (tertiary/aromatic N) is 5. The Morgan fingerprint density at radius 2 is 0.710 bits per heavy atom. The summed E-state index contributed by atoms with van der Waals surface area (Å²) >= 11 is 0. The molecule has 12 aromatic rings. The maximum Gasteiger partial charge on any atom is 0.166 e. The molecule has 0 bridgehead atoms. The molecule has 0 aliphatic rings. The van der Waals surface area contributed by atoms with Gasteiger partial charge in [-0.05, 0) is 70.8 Å². The molecule has 0 spiro atoms. The predicted octanol–water partition coefficient (Wildman–Crippen LogP) is 14.4. The molecule has 62 heavy (non-hydrogen) atoms. The molecule has 0 atom stereocenters. The molecule has 290 valence electrons. The van der Waals surface area contributed by atoms with E-state index in [-0.39, 0.29) is 0 Å². The SMILES string of the molecule is c1ccc(-c2ccc(-n3c4ccccc4c4c(-c5cccc6c5c5ccccc5n6-c5ccccc5)cccc43)c(-c3nc(-c4ccccc4)nc(-c4ccccc4)n3)c2)cc1. The summed E-state index contributed by atoms with van der Waals surface area (Å²) in [5.74, 6) is 1.85. The molecule has 5 heteroatoms. The number of para-hydroxylation sites is 3. The second-order valence-electron chi connectivity index (χ2n) is 15.6. The molecule has 0 saturated carbocycles. The molecule has 0 unspecified atom stereocenters. The van der Waals surface area contributed by atoms with Crippen LogP contribution in [0.3, 0.4) is 0 Å². The predicted molar refractivity (Wildman–Crippen MR) is 256 cm³/mol. The summed E-state index contributed by atoms with van der Waals surface area (Å²) in [4.78, 5) is 15.6. The van der Waals surface area contributed by atoms with Crippen LogP contribution in [0, 0.1) is 0 Å². The Bertz CT molecular complexity index is 3550. The number of hydrogen-bond donors (Lipinski definition) is 0. The molecule has 12 rings (SSSR count). The summed E-state index contributed by atoms with van der Waals surface area (Å²) in [6.07, 6.45) is 0. The zero-order valence-electron chi connectivity index (χ0n) is 33.6. The van der Waals surface area contributed by atoms with Crippen molar-refractivity contribution in [1.29, 1.82) is 0 Å². The van der Waals surface area contributed by atoms with Crippen LogP contribution in [0.25, 0.3) is 111 Å². The van der Waals surface area contributed by atoms with Crippen LogP contribution in [-0.2, 0) is 0 Å². The van der Waals surface area contributed by atoms with Gasteiger partial charge < -0.3 is 9.13 Å². The highest BCUT2D eigenvalue weighted by atomic mass is 15.1. The van der Waals surface area contributed by atoms with E-state index in [1.165, 1.54) is 43.7 Å². The van der Waals surface area contributed by atoms with Crippen molar-refractivity contribution in [2.24, 2.45) is 0 Å². The molecule has 3 aromatic heterocycles. The minimum atomic E-state index is 0.603. The van der Waals surface area contributed by atoms with E-state index in [0.717, 1.165) is 50.2 Å². The van der Waals surface area contributed by atoms with E-state index in [0.29, 0.717) is 17.5 Å². The van der Waals surface area contributed by atoms with Gasteiger partial charge in [-0.2, -0.15) is 0 Å². The first-order chi connectivity index (χ1) is 30.8. The number of benzene rings is 9. The highest BCUT2D eigenvalue weighted by Gasteiger charge is 2.23. The minimum Gasteiger partial charge on any atom is -0.309 e. The summed E-state index contributed by atoms with van der Waals surface area (Å²) in [5, 5.41) is 4.82. The van der Waals surface area contributed by atoms with Crippen molar-refractivity contribution in [3.63, 3.8) is 0 Å². The van der Waals surface area contributed by atoms with Gasteiger partial charge in [-0.15, -0.1) is 0 Å². The summed E-state index contributed by atoms with van der Waals surface area (Å²) in [6, 6.07) is 79.2. The minimum absolute atomic E-state index is 0.603. The largest absolute Gasteiger partial charge is 0.309 e. The molecule has 5 nitrogen and oxygen atoms in total. The molecule has 0 aliphatic carbocycles. The molecule has 0 fully saturated rings. The highest BCUT2D eigenvalue weighted by molar-refractivity contribution is 6.22. The lowest BCUT2D eigenvalue weighted by Gasteiger charge is -2.16. The van der Waals surface area contributed by atoms with E-state index in [1.807, 2.05) is 36.4 Å². The van der Waals surface area contributed by atoms with E-state index in [4.69, 9.17) is 15.0 Å². The van der Waals surface area contributed by atoms with Crippen LogP contribution >= 0.6 is 0 Å². The van der Waals surface area contributed by atoms with Gasteiger partial charge in [0.25, 0.3) is 0 Å². The Kier molecular flexibility index (Phi) is 8.42. The van der Waals surface area contributed by atoms with E-state index in [1.54, 1.807) is 0 Å². The van der Waals surface area contributed by atoms with Crippen LogP contribution in [0.5, 0.6) is 0 Å². The van der Waals surface area contributed by atoms with Crippen molar-refractivity contribution in [3.05, 3.63) is 224 Å². The number of rotatable bonds is 7. The third-order valence-electron chi connectivity index (χ3n) is 12.0. The lowest BCUT2D eigenvalue weighted by molar-refractivity contribution is 1.06. The lowest BCUT2D eigenvalue weighted by Crippen LogP contribution is -2.04. The molecule has 0 N–H and O–H groups in total. The van der Waals surface area contributed by atoms with Gasteiger partial charge in [-0.25, -0.2) is 15.0 Å². The molecule has 3 heterocycles. The molecule has 0 saturated heterocycles. The average molecular weight is 792 g/mol. The Hall–Kier alpha value is -8.41. The van der Waals surface area contributed by atoms with Crippen LogP contribution in [0.4, 0.5) is 0 Å². The second-order valence-corrected chi connectivity index (χ2v) is 15.6. The first-order valence-electron chi connectivity index (χ1n) is 21.0. The quantitative estimate of drug-likeness (QED) is 0.162. The van der Waals surface area contributed by atoms with E-state index in [2.05, 4.69) is 197 Å². The number of hydrogen-bond acceptors (Lipinski definition) is 3.